The second kappa shape index (κ2) is 11.5. The molecular weight excluding hydrogens is 450 g/mol. The van der Waals surface area contributed by atoms with E-state index in [0.29, 0.717) is 60.3 Å². The van der Waals surface area contributed by atoms with Crippen LogP contribution in [-0.4, -0.2) is 59.0 Å². The van der Waals surface area contributed by atoms with Crippen molar-refractivity contribution in [3.63, 3.8) is 0 Å². The summed E-state index contributed by atoms with van der Waals surface area (Å²) in [5, 5.41) is 4.58. The SMILES string of the molecule is C=CS(=O)(=O)Oc1cccc(Nc2ncnc3cc(OCCOC)c(OCCOC)cc23)c1. The zero-order valence-corrected chi connectivity index (χ0v) is 19.1. The van der Waals surface area contributed by atoms with Gasteiger partial charge in [0.15, 0.2) is 11.5 Å². The molecular formula is C22H25N3O7S. The molecule has 0 atom stereocenters. The van der Waals surface area contributed by atoms with Gasteiger partial charge in [-0.05, 0) is 18.2 Å². The average molecular weight is 476 g/mol. The molecule has 33 heavy (non-hydrogen) atoms. The first kappa shape index (κ1) is 24.2. The first-order valence-electron chi connectivity index (χ1n) is 9.92. The van der Waals surface area contributed by atoms with Crippen molar-refractivity contribution in [2.24, 2.45) is 0 Å². The van der Waals surface area contributed by atoms with Crippen LogP contribution in [0.5, 0.6) is 17.2 Å². The van der Waals surface area contributed by atoms with Gasteiger partial charge in [0.1, 0.15) is 31.1 Å². The molecule has 0 amide bonds. The minimum atomic E-state index is -3.87. The maximum atomic E-state index is 11.7. The number of anilines is 2. The van der Waals surface area contributed by atoms with Crippen molar-refractivity contribution in [1.82, 2.24) is 9.97 Å². The van der Waals surface area contributed by atoms with Crippen molar-refractivity contribution >= 4 is 32.5 Å². The van der Waals surface area contributed by atoms with Crippen molar-refractivity contribution in [3.8, 4) is 17.2 Å². The van der Waals surface area contributed by atoms with E-state index in [-0.39, 0.29) is 5.75 Å². The number of ether oxygens (including phenoxy) is 4. The Labute approximate surface area is 192 Å². The highest BCUT2D eigenvalue weighted by Gasteiger charge is 2.14. The van der Waals surface area contributed by atoms with Gasteiger partial charge in [-0.3, -0.25) is 0 Å². The Morgan fingerprint density at radius 3 is 2.33 bits per heavy atom. The monoisotopic (exact) mass is 475 g/mol. The summed E-state index contributed by atoms with van der Waals surface area (Å²) in [5.74, 6) is 1.65. The third kappa shape index (κ3) is 6.78. The summed E-state index contributed by atoms with van der Waals surface area (Å²) < 4.78 is 50.0. The lowest BCUT2D eigenvalue weighted by Gasteiger charge is -2.15. The van der Waals surface area contributed by atoms with Crippen molar-refractivity contribution in [2.75, 3.05) is 46.0 Å². The number of aromatic nitrogens is 2. The fourth-order valence-electron chi connectivity index (χ4n) is 2.79. The standard InChI is InChI=1S/C22H25N3O7S/c1-4-33(26,27)32-17-7-5-6-16(12-17)25-22-18-13-20(30-10-8-28-2)21(31-11-9-29-3)14-19(18)23-15-24-22/h4-7,12-15H,1,8-11H2,2-3H3,(H,23,24,25). The normalized spacial score (nSPS) is 11.2. The van der Waals surface area contributed by atoms with Crippen molar-refractivity contribution in [3.05, 3.63) is 54.7 Å². The molecule has 1 N–H and O–H groups in total. The van der Waals surface area contributed by atoms with Crippen LogP contribution in [0.4, 0.5) is 11.5 Å². The Hall–Kier alpha value is -3.41. The largest absolute Gasteiger partial charge is 0.487 e. The Balaban J connectivity index is 1.93. The van der Waals surface area contributed by atoms with Crippen molar-refractivity contribution in [1.29, 1.82) is 0 Å². The molecule has 1 heterocycles. The van der Waals surface area contributed by atoms with Gasteiger partial charge in [-0.25, -0.2) is 9.97 Å². The Bertz CT molecular complexity index is 1200. The number of nitrogens with one attached hydrogen (secondary N) is 1. The second-order valence-electron chi connectivity index (χ2n) is 6.62. The minimum absolute atomic E-state index is 0.135. The summed E-state index contributed by atoms with van der Waals surface area (Å²) in [6.45, 7) is 4.74. The van der Waals surface area contributed by atoms with Crippen molar-refractivity contribution in [2.45, 2.75) is 0 Å². The van der Waals surface area contributed by atoms with Crippen LogP contribution in [0.15, 0.2) is 54.7 Å². The number of methoxy groups -OCH3 is 2. The molecule has 1 aromatic heterocycles. The predicted octanol–water partition coefficient (Wildman–Crippen LogP) is 3.28. The van der Waals surface area contributed by atoms with E-state index in [4.69, 9.17) is 23.1 Å². The number of benzene rings is 2. The molecule has 0 radical (unpaired) electrons. The summed E-state index contributed by atoms with van der Waals surface area (Å²) in [4.78, 5) is 8.66. The highest BCUT2D eigenvalue weighted by atomic mass is 32.2. The van der Waals surface area contributed by atoms with Gasteiger partial charge < -0.3 is 28.4 Å². The summed E-state index contributed by atoms with van der Waals surface area (Å²) in [5.41, 5.74) is 1.19. The van der Waals surface area contributed by atoms with E-state index in [2.05, 4.69) is 21.9 Å². The van der Waals surface area contributed by atoms with Crippen LogP contribution in [0.1, 0.15) is 0 Å². The molecule has 0 aliphatic heterocycles. The van der Waals surface area contributed by atoms with Gasteiger partial charge in [0.2, 0.25) is 0 Å². The fourth-order valence-corrected chi connectivity index (χ4v) is 3.23. The molecule has 0 saturated heterocycles. The summed E-state index contributed by atoms with van der Waals surface area (Å²) in [6.07, 6.45) is 1.41. The molecule has 11 heteroatoms. The lowest BCUT2D eigenvalue weighted by molar-refractivity contribution is 0.132. The lowest BCUT2D eigenvalue weighted by Crippen LogP contribution is -2.09. The highest BCUT2D eigenvalue weighted by Crippen LogP contribution is 2.35. The summed E-state index contributed by atoms with van der Waals surface area (Å²) in [7, 11) is -0.681. The lowest BCUT2D eigenvalue weighted by atomic mass is 10.2. The topological polar surface area (TPSA) is 118 Å². The van der Waals surface area contributed by atoms with Gasteiger partial charge in [-0.2, -0.15) is 8.42 Å². The van der Waals surface area contributed by atoms with E-state index in [9.17, 15) is 8.42 Å². The van der Waals surface area contributed by atoms with Crippen LogP contribution in [-0.2, 0) is 19.6 Å². The summed E-state index contributed by atoms with van der Waals surface area (Å²) in [6, 6.07) is 10.00. The molecule has 0 aliphatic carbocycles. The third-order valence-electron chi connectivity index (χ3n) is 4.30. The van der Waals surface area contributed by atoms with E-state index < -0.39 is 10.1 Å². The van der Waals surface area contributed by atoms with Gasteiger partial charge in [0.25, 0.3) is 0 Å². The van der Waals surface area contributed by atoms with Crippen LogP contribution in [0.3, 0.4) is 0 Å². The molecule has 10 nitrogen and oxygen atoms in total. The Morgan fingerprint density at radius 1 is 0.970 bits per heavy atom. The number of rotatable bonds is 13. The molecule has 0 fully saturated rings. The van der Waals surface area contributed by atoms with E-state index in [0.717, 1.165) is 5.41 Å². The smallest absolute Gasteiger partial charge is 0.331 e. The molecule has 176 valence electrons. The molecule has 0 saturated carbocycles. The zero-order valence-electron chi connectivity index (χ0n) is 18.3. The van der Waals surface area contributed by atoms with Crippen LogP contribution >= 0.6 is 0 Å². The van der Waals surface area contributed by atoms with Crippen LogP contribution < -0.4 is 19.0 Å². The Morgan fingerprint density at radius 2 is 1.67 bits per heavy atom. The minimum Gasteiger partial charge on any atom is -0.487 e. The highest BCUT2D eigenvalue weighted by molar-refractivity contribution is 7.90. The number of hydrogen-bond acceptors (Lipinski definition) is 10. The van der Waals surface area contributed by atoms with Gasteiger partial charge in [-0.1, -0.05) is 12.6 Å². The van der Waals surface area contributed by atoms with E-state index in [1.54, 1.807) is 38.5 Å². The maximum Gasteiger partial charge on any atom is 0.331 e. The zero-order chi connectivity index (χ0) is 23.7. The molecule has 0 bridgehead atoms. The molecule has 2 aromatic carbocycles. The van der Waals surface area contributed by atoms with E-state index in [1.807, 2.05) is 0 Å². The molecule has 0 spiro atoms. The number of fused-ring (bicyclic) bond motifs is 1. The first-order chi connectivity index (χ1) is 16.0. The maximum absolute atomic E-state index is 11.7. The number of nitrogens with zero attached hydrogens (tertiary/aromatic N) is 2. The fraction of sp³-hybridized carbons (Fsp3) is 0.273. The first-order valence-corrected chi connectivity index (χ1v) is 11.4. The number of hydrogen-bond donors (Lipinski definition) is 1. The van der Waals surface area contributed by atoms with Gasteiger partial charge in [0, 0.05) is 37.4 Å². The summed E-state index contributed by atoms with van der Waals surface area (Å²) >= 11 is 0. The van der Waals surface area contributed by atoms with E-state index >= 15 is 0 Å². The van der Waals surface area contributed by atoms with Gasteiger partial charge >= 0.3 is 10.1 Å². The Kier molecular flexibility index (Phi) is 8.41. The van der Waals surface area contributed by atoms with Crippen LogP contribution in [0.25, 0.3) is 10.9 Å². The average Bonchev–Trinajstić information content (AvgIpc) is 2.80. The molecule has 3 aromatic rings. The molecule has 0 unspecified atom stereocenters. The van der Waals surface area contributed by atoms with Crippen LogP contribution in [0, 0.1) is 0 Å². The second-order valence-corrected chi connectivity index (χ2v) is 8.10. The molecule has 3 rings (SSSR count). The third-order valence-corrected chi connectivity index (χ3v) is 5.14. The molecule has 0 aliphatic rings. The van der Waals surface area contributed by atoms with Crippen molar-refractivity contribution < 1.29 is 31.5 Å². The van der Waals surface area contributed by atoms with Gasteiger partial charge in [-0.15, -0.1) is 0 Å². The quantitative estimate of drug-likeness (QED) is 0.291. The predicted molar refractivity (Wildman–Crippen MR) is 124 cm³/mol. The van der Waals surface area contributed by atoms with Crippen LogP contribution in [0.2, 0.25) is 0 Å². The van der Waals surface area contributed by atoms with Gasteiger partial charge in [0.05, 0.1) is 24.1 Å². The van der Waals surface area contributed by atoms with E-state index in [1.165, 1.54) is 18.5 Å².